The SMILES string of the molecule is COC(=O)c1cc(OCC=O)c2ccccc2c1. The second-order valence-corrected chi connectivity index (χ2v) is 3.66. The molecule has 0 atom stereocenters. The average molecular weight is 244 g/mol. The van der Waals surface area contributed by atoms with Crippen LogP contribution in [0.4, 0.5) is 0 Å². The van der Waals surface area contributed by atoms with Crippen molar-refractivity contribution in [2.75, 3.05) is 13.7 Å². The molecule has 0 fully saturated rings. The average Bonchev–Trinajstić information content (AvgIpc) is 2.43. The Labute approximate surface area is 104 Å². The molecule has 2 aromatic carbocycles. The minimum atomic E-state index is -0.434. The van der Waals surface area contributed by atoms with Crippen LogP contribution in [0.5, 0.6) is 5.75 Å². The molecule has 0 aliphatic rings. The molecule has 0 aromatic heterocycles. The highest BCUT2D eigenvalue weighted by Gasteiger charge is 2.11. The standard InChI is InChI=1S/C14H12O4/c1-17-14(16)11-8-10-4-2-3-5-12(10)13(9-11)18-7-6-15/h2-6,8-9H,7H2,1H3. The first-order valence-electron chi connectivity index (χ1n) is 5.44. The van der Waals surface area contributed by atoms with Crippen LogP contribution in [0, 0.1) is 0 Å². The molecule has 2 rings (SSSR count). The summed E-state index contributed by atoms with van der Waals surface area (Å²) in [7, 11) is 1.32. The van der Waals surface area contributed by atoms with Gasteiger partial charge in [-0.25, -0.2) is 4.79 Å². The smallest absolute Gasteiger partial charge is 0.338 e. The molecule has 0 aliphatic carbocycles. The summed E-state index contributed by atoms with van der Waals surface area (Å²) in [6.07, 6.45) is 0.666. The van der Waals surface area contributed by atoms with Gasteiger partial charge in [-0.1, -0.05) is 24.3 Å². The lowest BCUT2D eigenvalue weighted by molar-refractivity contribution is -0.109. The second kappa shape index (κ2) is 5.31. The molecule has 0 saturated carbocycles. The first-order chi connectivity index (χ1) is 8.76. The first kappa shape index (κ1) is 12.1. The summed E-state index contributed by atoms with van der Waals surface area (Å²) < 4.78 is 10.0. The summed E-state index contributed by atoms with van der Waals surface area (Å²) in [6.45, 7) is -0.0470. The maximum atomic E-state index is 11.5. The summed E-state index contributed by atoms with van der Waals surface area (Å²) in [6, 6.07) is 10.8. The zero-order chi connectivity index (χ0) is 13.0. The number of esters is 1. The molecule has 4 heteroatoms. The summed E-state index contributed by atoms with van der Waals surface area (Å²) in [5.74, 6) is 0.0670. The van der Waals surface area contributed by atoms with Crippen molar-refractivity contribution in [3.05, 3.63) is 42.0 Å². The third kappa shape index (κ3) is 2.32. The van der Waals surface area contributed by atoms with Gasteiger partial charge in [-0.15, -0.1) is 0 Å². The van der Waals surface area contributed by atoms with E-state index < -0.39 is 5.97 Å². The van der Waals surface area contributed by atoms with Crippen LogP contribution in [-0.2, 0) is 9.53 Å². The minimum Gasteiger partial charge on any atom is -0.485 e. The fourth-order valence-corrected chi connectivity index (χ4v) is 1.75. The highest BCUT2D eigenvalue weighted by Crippen LogP contribution is 2.27. The molecule has 18 heavy (non-hydrogen) atoms. The Kier molecular flexibility index (Phi) is 3.57. The zero-order valence-electron chi connectivity index (χ0n) is 9.88. The Bertz CT molecular complexity index is 589. The highest BCUT2D eigenvalue weighted by molar-refractivity contribution is 5.98. The van der Waals surface area contributed by atoms with Gasteiger partial charge in [-0.2, -0.15) is 0 Å². The van der Waals surface area contributed by atoms with Crippen molar-refractivity contribution in [1.82, 2.24) is 0 Å². The molecule has 0 amide bonds. The predicted octanol–water partition coefficient (Wildman–Crippen LogP) is 2.20. The number of fused-ring (bicyclic) bond motifs is 1. The van der Waals surface area contributed by atoms with Crippen molar-refractivity contribution in [3.8, 4) is 5.75 Å². The van der Waals surface area contributed by atoms with Crippen LogP contribution < -0.4 is 4.74 Å². The van der Waals surface area contributed by atoms with E-state index in [9.17, 15) is 9.59 Å². The molecule has 4 nitrogen and oxygen atoms in total. The van der Waals surface area contributed by atoms with E-state index in [0.29, 0.717) is 17.6 Å². The normalized spacial score (nSPS) is 10.1. The molecular formula is C14H12O4. The van der Waals surface area contributed by atoms with E-state index in [4.69, 9.17) is 4.74 Å². The largest absolute Gasteiger partial charge is 0.485 e. The Hall–Kier alpha value is -2.36. The molecule has 0 N–H and O–H groups in total. The zero-order valence-corrected chi connectivity index (χ0v) is 9.88. The van der Waals surface area contributed by atoms with E-state index in [2.05, 4.69) is 4.74 Å². The van der Waals surface area contributed by atoms with Gasteiger partial charge in [0.2, 0.25) is 0 Å². The van der Waals surface area contributed by atoms with Crippen molar-refractivity contribution in [3.63, 3.8) is 0 Å². The fraction of sp³-hybridized carbons (Fsp3) is 0.143. The summed E-state index contributed by atoms with van der Waals surface area (Å²) in [5.41, 5.74) is 0.400. The Morgan fingerprint density at radius 1 is 1.28 bits per heavy atom. The van der Waals surface area contributed by atoms with Crippen molar-refractivity contribution in [2.45, 2.75) is 0 Å². The van der Waals surface area contributed by atoms with Gasteiger partial charge in [0.1, 0.15) is 12.4 Å². The Balaban J connectivity index is 2.56. The van der Waals surface area contributed by atoms with Gasteiger partial charge in [0.25, 0.3) is 0 Å². The van der Waals surface area contributed by atoms with Crippen LogP contribution in [-0.4, -0.2) is 26.0 Å². The lowest BCUT2D eigenvalue weighted by atomic mass is 10.1. The number of benzene rings is 2. The molecular weight excluding hydrogens is 232 g/mol. The van der Waals surface area contributed by atoms with Crippen LogP contribution in [0.2, 0.25) is 0 Å². The van der Waals surface area contributed by atoms with Crippen molar-refractivity contribution in [2.24, 2.45) is 0 Å². The lowest BCUT2D eigenvalue weighted by Crippen LogP contribution is -2.04. The van der Waals surface area contributed by atoms with Crippen LogP contribution >= 0.6 is 0 Å². The fourth-order valence-electron chi connectivity index (χ4n) is 1.75. The van der Waals surface area contributed by atoms with Gasteiger partial charge < -0.3 is 9.47 Å². The Morgan fingerprint density at radius 2 is 2.06 bits per heavy atom. The monoisotopic (exact) mass is 244 g/mol. The van der Waals surface area contributed by atoms with Gasteiger partial charge in [0, 0.05) is 5.39 Å². The maximum Gasteiger partial charge on any atom is 0.338 e. The molecule has 0 heterocycles. The third-order valence-electron chi connectivity index (χ3n) is 2.55. The van der Waals surface area contributed by atoms with Crippen molar-refractivity contribution in [1.29, 1.82) is 0 Å². The Morgan fingerprint density at radius 3 is 2.78 bits per heavy atom. The molecule has 0 saturated heterocycles. The quantitative estimate of drug-likeness (QED) is 0.611. The van der Waals surface area contributed by atoms with E-state index in [1.807, 2.05) is 24.3 Å². The van der Waals surface area contributed by atoms with Crippen LogP contribution in [0.1, 0.15) is 10.4 Å². The topological polar surface area (TPSA) is 52.6 Å². The second-order valence-electron chi connectivity index (χ2n) is 3.66. The summed E-state index contributed by atoms with van der Waals surface area (Å²) >= 11 is 0. The molecule has 0 bridgehead atoms. The number of aldehydes is 1. The number of hydrogen-bond acceptors (Lipinski definition) is 4. The van der Waals surface area contributed by atoms with Gasteiger partial charge in [-0.3, -0.25) is 4.79 Å². The van der Waals surface area contributed by atoms with Gasteiger partial charge >= 0.3 is 5.97 Å². The molecule has 0 spiro atoms. The van der Waals surface area contributed by atoms with Gasteiger partial charge in [-0.05, 0) is 17.5 Å². The number of carbonyl (C=O) groups is 2. The van der Waals surface area contributed by atoms with E-state index in [-0.39, 0.29) is 6.61 Å². The van der Waals surface area contributed by atoms with Gasteiger partial charge in [0.15, 0.2) is 6.29 Å². The summed E-state index contributed by atoms with van der Waals surface area (Å²) in [5, 5.41) is 1.72. The van der Waals surface area contributed by atoms with E-state index in [1.165, 1.54) is 7.11 Å². The molecule has 0 radical (unpaired) electrons. The number of hydrogen-bond donors (Lipinski definition) is 0. The van der Waals surface area contributed by atoms with Crippen LogP contribution in [0.25, 0.3) is 10.8 Å². The molecule has 0 aliphatic heterocycles. The lowest BCUT2D eigenvalue weighted by Gasteiger charge is -2.09. The number of ether oxygens (including phenoxy) is 2. The highest BCUT2D eigenvalue weighted by atomic mass is 16.5. The number of rotatable bonds is 4. The third-order valence-corrected chi connectivity index (χ3v) is 2.55. The van der Waals surface area contributed by atoms with Gasteiger partial charge in [0.05, 0.1) is 12.7 Å². The van der Waals surface area contributed by atoms with E-state index >= 15 is 0 Å². The van der Waals surface area contributed by atoms with Crippen LogP contribution in [0.15, 0.2) is 36.4 Å². The van der Waals surface area contributed by atoms with E-state index in [0.717, 1.165) is 10.8 Å². The molecule has 0 unspecified atom stereocenters. The van der Waals surface area contributed by atoms with E-state index in [1.54, 1.807) is 12.1 Å². The molecule has 92 valence electrons. The minimum absolute atomic E-state index is 0.0470. The summed E-state index contributed by atoms with van der Waals surface area (Å²) in [4.78, 5) is 21.9. The predicted molar refractivity (Wildman–Crippen MR) is 66.8 cm³/mol. The van der Waals surface area contributed by atoms with Crippen molar-refractivity contribution < 1.29 is 19.1 Å². The van der Waals surface area contributed by atoms with Crippen LogP contribution in [0.3, 0.4) is 0 Å². The first-order valence-corrected chi connectivity index (χ1v) is 5.44. The maximum absolute atomic E-state index is 11.5. The molecule has 2 aromatic rings. The number of methoxy groups -OCH3 is 1. The van der Waals surface area contributed by atoms with Crippen molar-refractivity contribution >= 4 is 23.0 Å². The number of carbonyl (C=O) groups excluding carboxylic acids is 2.